The van der Waals surface area contributed by atoms with Gasteiger partial charge in [-0.3, -0.25) is 0 Å². The third kappa shape index (κ3) is 2.76. The van der Waals surface area contributed by atoms with Crippen molar-refractivity contribution in [1.29, 1.82) is 0 Å². The van der Waals surface area contributed by atoms with E-state index in [-0.39, 0.29) is 5.56 Å². The molecule has 0 amide bonds. The molecule has 0 radical (unpaired) electrons. The highest BCUT2D eigenvalue weighted by molar-refractivity contribution is 9.10. The Morgan fingerprint density at radius 1 is 1.11 bits per heavy atom. The number of rotatable bonds is 2. The summed E-state index contributed by atoms with van der Waals surface area (Å²) in [5, 5.41) is 10.1. The van der Waals surface area contributed by atoms with Crippen LogP contribution in [0, 0.1) is 18.6 Å². The van der Waals surface area contributed by atoms with Crippen LogP contribution in [0.4, 0.5) is 8.78 Å². The van der Waals surface area contributed by atoms with E-state index in [2.05, 4.69) is 15.9 Å². The minimum Gasteiger partial charge on any atom is -0.384 e. The molecule has 1 N–H and O–H groups in total. The van der Waals surface area contributed by atoms with E-state index in [0.29, 0.717) is 15.6 Å². The fraction of sp³-hybridized carbons (Fsp3) is 0.143. The van der Waals surface area contributed by atoms with Crippen molar-refractivity contribution in [3.63, 3.8) is 0 Å². The van der Waals surface area contributed by atoms with E-state index in [1.54, 1.807) is 19.1 Å². The summed E-state index contributed by atoms with van der Waals surface area (Å²) in [6.45, 7) is 1.72. The average molecular weight is 313 g/mol. The Bertz CT molecular complexity index is 564. The van der Waals surface area contributed by atoms with Crippen molar-refractivity contribution in [2.45, 2.75) is 13.0 Å². The molecule has 0 aromatic heterocycles. The van der Waals surface area contributed by atoms with Gasteiger partial charge in [-0.05, 0) is 48.4 Å². The SMILES string of the molecule is Cc1cc(F)cc(C(O)c2cc(Br)ccc2F)c1. The fourth-order valence-electron chi connectivity index (χ4n) is 1.83. The van der Waals surface area contributed by atoms with Gasteiger partial charge in [0.2, 0.25) is 0 Å². The van der Waals surface area contributed by atoms with Crippen LogP contribution in [0.5, 0.6) is 0 Å². The van der Waals surface area contributed by atoms with Crippen LogP contribution in [0.3, 0.4) is 0 Å². The molecule has 0 saturated carbocycles. The molecule has 0 spiro atoms. The normalized spacial score (nSPS) is 12.5. The summed E-state index contributed by atoms with van der Waals surface area (Å²) in [5.41, 5.74) is 1.14. The largest absolute Gasteiger partial charge is 0.384 e. The van der Waals surface area contributed by atoms with Crippen LogP contribution in [0.1, 0.15) is 22.8 Å². The zero-order chi connectivity index (χ0) is 13.3. The maximum atomic E-state index is 13.6. The third-order valence-electron chi connectivity index (χ3n) is 2.63. The summed E-state index contributed by atoms with van der Waals surface area (Å²) in [6.07, 6.45) is -1.18. The predicted molar refractivity (Wildman–Crippen MR) is 69.3 cm³/mol. The van der Waals surface area contributed by atoms with Gasteiger partial charge in [0.05, 0.1) is 0 Å². The molecule has 0 aliphatic carbocycles. The zero-order valence-electron chi connectivity index (χ0n) is 9.62. The Morgan fingerprint density at radius 3 is 2.50 bits per heavy atom. The van der Waals surface area contributed by atoms with Crippen molar-refractivity contribution in [2.75, 3.05) is 0 Å². The van der Waals surface area contributed by atoms with Gasteiger partial charge in [0.25, 0.3) is 0 Å². The molecule has 18 heavy (non-hydrogen) atoms. The predicted octanol–water partition coefficient (Wildman–Crippen LogP) is 4.12. The lowest BCUT2D eigenvalue weighted by atomic mass is 9.99. The molecule has 4 heteroatoms. The first-order chi connectivity index (χ1) is 8.47. The van der Waals surface area contributed by atoms with Crippen LogP contribution >= 0.6 is 15.9 Å². The lowest BCUT2D eigenvalue weighted by molar-refractivity contribution is 0.214. The summed E-state index contributed by atoms with van der Waals surface area (Å²) in [6, 6.07) is 8.48. The number of aryl methyl sites for hydroxylation is 1. The van der Waals surface area contributed by atoms with Gasteiger partial charge in [-0.25, -0.2) is 8.78 Å². The lowest BCUT2D eigenvalue weighted by Gasteiger charge is -2.13. The molecule has 1 nitrogen and oxygen atoms in total. The van der Waals surface area contributed by atoms with Crippen molar-refractivity contribution < 1.29 is 13.9 Å². The molecule has 1 unspecified atom stereocenters. The highest BCUT2D eigenvalue weighted by Crippen LogP contribution is 2.28. The maximum absolute atomic E-state index is 13.6. The van der Waals surface area contributed by atoms with E-state index in [9.17, 15) is 13.9 Å². The number of halogens is 3. The highest BCUT2D eigenvalue weighted by Gasteiger charge is 2.16. The van der Waals surface area contributed by atoms with Crippen LogP contribution < -0.4 is 0 Å². The standard InChI is InChI=1S/C14H11BrF2O/c1-8-4-9(6-11(16)5-8)14(18)12-7-10(15)2-3-13(12)17/h2-7,14,18H,1H3. The summed E-state index contributed by atoms with van der Waals surface area (Å²) < 4.78 is 27.6. The molecule has 0 heterocycles. The van der Waals surface area contributed by atoms with Crippen LogP contribution in [-0.2, 0) is 0 Å². The number of benzene rings is 2. The number of hydrogen-bond donors (Lipinski definition) is 1. The zero-order valence-corrected chi connectivity index (χ0v) is 11.2. The van der Waals surface area contributed by atoms with E-state index in [1.807, 2.05) is 0 Å². The second-order valence-electron chi connectivity index (χ2n) is 4.13. The Hall–Kier alpha value is -1.26. The second kappa shape index (κ2) is 5.16. The van der Waals surface area contributed by atoms with Gasteiger partial charge in [-0.2, -0.15) is 0 Å². The topological polar surface area (TPSA) is 20.2 Å². The van der Waals surface area contributed by atoms with Gasteiger partial charge < -0.3 is 5.11 Å². The van der Waals surface area contributed by atoms with E-state index >= 15 is 0 Å². The van der Waals surface area contributed by atoms with Crippen molar-refractivity contribution in [2.24, 2.45) is 0 Å². The van der Waals surface area contributed by atoms with Crippen LogP contribution in [0.15, 0.2) is 40.9 Å². The minimum atomic E-state index is -1.18. The number of aliphatic hydroxyl groups is 1. The van der Waals surface area contributed by atoms with E-state index in [0.717, 1.165) is 0 Å². The molecule has 0 aliphatic heterocycles. The molecule has 2 aromatic rings. The average Bonchev–Trinajstić information content (AvgIpc) is 2.30. The lowest BCUT2D eigenvalue weighted by Crippen LogP contribution is -2.03. The number of hydrogen-bond acceptors (Lipinski definition) is 1. The molecule has 2 aromatic carbocycles. The van der Waals surface area contributed by atoms with E-state index in [4.69, 9.17) is 0 Å². The van der Waals surface area contributed by atoms with Crippen LogP contribution in [0.25, 0.3) is 0 Å². The van der Waals surface area contributed by atoms with E-state index < -0.39 is 17.7 Å². The second-order valence-corrected chi connectivity index (χ2v) is 5.05. The van der Waals surface area contributed by atoms with Crippen molar-refractivity contribution >= 4 is 15.9 Å². The summed E-state index contributed by atoms with van der Waals surface area (Å²) in [5.74, 6) is -0.966. The van der Waals surface area contributed by atoms with Gasteiger partial charge in [0.15, 0.2) is 0 Å². The van der Waals surface area contributed by atoms with Crippen molar-refractivity contribution in [3.05, 3.63) is 69.2 Å². The van der Waals surface area contributed by atoms with Gasteiger partial charge in [0, 0.05) is 10.0 Å². The molecule has 1 atom stereocenters. The molecule has 0 aliphatic rings. The summed E-state index contributed by atoms with van der Waals surface area (Å²) >= 11 is 3.21. The van der Waals surface area contributed by atoms with Crippen LogP contribution in [-0.4, -0.2) is 5.11 Å². The van der Waals surface area contributed by atoms with E-state index in [1.165, 1.54) is 24.3 Å². The first-order valence-electron chi connectivity index (χ1n) is 5.37. The number of aliphatic hydroxyl groups excluding tert-OH is 1. The highest BCUT2D eigenvalue weighted by atomic mass is 79.9. The first kappa shape index (κ1) is 13.2. The van der Waals surface area contributed by atoms with Gasteiger partial charge >= 0.3 is 0 Å². The monoisotopic (exact) mass is 312 g/mol. The fourth-order valence-corrected chi connectivity index (χ4v) is 2.20. The Morgan fingerprint density at radius 2 is 1.83 bits per heavy atom. The first-order valence-corrected chi connectivity index (χ1v) is 6.17. The van der Waals surface area contributed by atoms with Gasteiger partial charge in [-0.1, -0.05) is 22.0 Å². The Labute approximate surface area is 112 Å². The molecular formula is C14H11BrF2O. The Balaban J connectivity index is 2.47. The third-order valence-corrected chi connectivity index (χ3v) is 3.13. The molecule has 0 saturated heterocycles. The van der Waals surface area contributed by atoms with Crippen LogP contribution in [0.2, 0.25) is 0 Å². The maximum Gasteiger partial charge on any atom is 0.129 e. The quantitative estimate of drug-likeness (QED) is 0.884. The van der Waals surface area contributed by atoms with Crippen molar-refractivity contribution in [3.8, 4) is 0 Å². The molecule has 0 bridgehead atoms. The summed E-state index contributed by atoms with van der Waals surface area (Å²) in [4.78, 5) is 0. The smallest absolute Gasteiger partial charge is 0.129 e. The molecule has 0 fully saturated rings. The van der Waals surface area contributed by atoms with Gasteiger partial charge in [-0.15, -0.1) is 0 Å². The molecule has 2 rings (SSSR count). The summed E-state index contributed by atoms with van der Waals surface area (Å²) in [7, 11) is 0. The van der Waals surface area contributed by atoms with Gasteiger partial charge in [0.1, 0.15) is 17.7 Å². The van der Waals surface area contributed by atoms with Crippen molar-refractivity contribution in [1.82, 2.24) is 0 Å². The minimum absolute atomic E-state index is 0.120. The molecular weight excluding hydrogens is 302 g/mol. The molecule has 94 valence electrons. The Kier molecular flexibility index (Phi) is 3.78.